The fraction of sp³-hybridized carbons (Fsp3) is 0.471. The van der Waals surface area contributed by atoms with E-state index in [0.29, 0.717) is 42.2 Å². The molecule has 1 amide bonds. The van der Waals surface area contributed by atoms with Crippen molar-refractivity contribution in [1.82, 2.24) is 24.7 Å². The topological polar surface area (TPSA) is 109 Å². The van der Waals surface area contributed by atoms with Crippen LogP contribution in [0, 0.1) is 17.2 Å². The molecule has 10 nitrogen and oxygen atoms in total. The second-order valence-electron chi connectivity index (χ2n) is 12.9. The van der Waals surface area contributed by atoms with Crippen molar-refractivity contribution in [3.05, 3.63) is 82.1 Å². The van der Waals surface area contributed by atoms with Crippen LogP contribution in [-0.2, 0) is 12.0 Å². The first-order valence-corrected chi connectivity index (χ1v) is 16.0. The van der Waals surface area contributed by atoms with Gasteiger partial charge in [-0.2, -0.15) is 5.26 Å². The highest BCUT2D eigenvalue weighted by atomic mass is 35.5. The molecule has 3 aliphatic rings. The summed E-state index contributed by atoms with van der Waals surface area (Å²) in [6.45, 7) is 12.8. The van der Waals surface area contributed by atoms with E-state index in [-0.39, 0.29) is 5.41 Å². The summed E-state index contributed by atoms with van der Waals surface area (Å²) in [6, 6.07) is 18.2. The van der Waals surface area contributed by atoms with Crippen LogP contribution in [-0.4, -0.2) is 101 Å². The summed E-state index contributed by atoms with van der Waals surface area (Å²) in [4.78, 5) is 29.4. The number of hydrogen-bond donors (Lipinski definition) is 1. The van der Waals surface area contributed by atoms with Gasteiger partial charge in [-0.25, -0.2) is 14.8 Å². The van der Waals surface area contributed by atoms with Gasteiger partial charge in [0.05, 0.1) is 17.3 Å². The van der Waals surface area contributed by atoms with E-state index in [9.17, 15) is 15.2 Å². The Morgan fingerprint density at radius 1 is 1.04 bits per heavy atom. The molecule has 11 heteroatoms. The zero-order chi connectivity index (χ0) is 31.6. The SMILES string of the molecule is CC(C)(c1ccc(OCc2ccnc(N3CCN(C4CN(CC5CCN(C(=O)O)C5)C4)CC3)n2)cc1)c1cc(Cl)cc(C#N)c1. The second-order valence-corrected chi connectivity index (χ2v) is 13.3. The minimum absolute atomic E-state index is 0.333. The molecular formula is C34H40ClN7O3. The zero-order valence-electron chi connectivity index (χ0n) is 25.9. The predicted molar refractivity (Wildman–Crippen MR) is 173 cm³/mol. The van der Waals surface area contributed by atoms with Gasteiger partial charge in [0.1, 0.15) is 12.4 Å². The molecule has 0 aliphatic carbocycles. The van der Waals surface area contributed by atoms with E-state index in [1.54, 1.807) is 17.2 Å². The first-order valence-electron chi connectivity index (χ1n) is 15.6. The maximum atomic E-state index is 11.2. The van der Waals surface area contributed by atoms with Gasteiger partial charge in [-0.1, -0.05) is 37.6 Å². The number of nitriles is 1. The Hall–Kier alpha value is -3.91. The van der Waals surface area contributed by atoms with E-state index >= 15 is 0 Å². The Morgan fingerprint density at radius 2 is 1.80 bits per heavy atom. The van der Waals surface area contributed by atoms with Crippen LogP contribution in [0.5, 0.6) is 5.75 Å². The molecule has 3 fully saturated rings. The van der Waals surface area contributed by atoms with Crippen LogP contribution in [0.25, 0.3) is 0 Å². The van der Waals surface area contributed by atoms with Crippen LogP contribution in [0.4, 0.5) is 10.7 Å². The molecule has 0 radical (unpaired) electrons. The van der Waals surface area contributed by atoms with Gasteiger partial charge >= 0.3 is 6.09 Å². The number of likely N-dealkylation sites (tertiary alicyclic amines) is 2. The van der Waals surface area contributed by atoms with E-state index in [0.717, 1.165) is 80.8 Å². The lowest BCUT2D eigenvalue weighted by Gasteiger charge is -2.48. The van der Waals surface area contributed by atoms with Gasteiger partial charge in [0.25, 0.3) is 0 Å². The molecule has 3 aliphatic heterocycles. The van der Waals surface area contributed by atoms with E-state index in [1.807, 2.05) is 30.3 Å². The van der Waals surface area contributed by atoms with Crippen LogP contribution in [0.3, 0.4) is 0 Å². The highest BCUT2D eigenvalue weighted by Gasteiger charge is 2.36. The maximum Gasteiger partial charge on any atom is 0.407 e. The number of nitrogens with zero attached hydrogens (tertiary/aromatic N) is 7. The molecule has 45 heavy (non-hydrogen) atoms. The zero-order valence-corrected chi connectivity index (χ0v) is 26.7. The third-order valence-corrected chi connectivity index (χ3v) is 9.75. The second kappa shape index (κ2) is 13.2. The summed E-state index contributed by atoms with van der Waals surface area (Å²) in [6.07, 6.45) is 1.98. The first kappa shape index (κ1) is 31.1. The predicted octanol–water partition coefficient (Wildman–Crippen LogP) is 4.71. The fourth-order valence-corrected chi connectivity index (χ4v) is 6.89. The van der Waals surface area contributed by atoms with Gasteiger partial charge in [-0.05, 0) is 59.9 Å². The third-order valence-electron chi connectivity index (χ3n) is 9.54. The van der Waals surface area contributed by atoms with Crippen molar-refractivity contribution in [1.29, 1.82) is 5.26 Å². The monoisotopic (exact) mass is 629 g/mol. The van der Waals surface area contributed by atoms with Gasteiger partial charge in [-0.3, -0.25) is 9.80 Å². The number of halogens is 1. The average molecular weight is 630 g/mol. The first-order chi connectivity index (χ1) is 21.7. The van der Waals surface area contributed by atoms with Crippen molar-refractivity contribution < 1.29 is 14.6 Å². The molecule has 6 rings (SSSR count). The van der Waals surface area contributed by atoms with E-state index in [4.69, 9.17) is 21.3 Å². The molecule has 0 spiro atoms. The highest BCUT2D eigenvalue weighted by Crippen LogP contribution is 2.34. The van der Waals surface area contributed by atoms with Crippen molar-refractivity contribution in [2.45, 2.75) is 38.3 Å². The molecule has 3 aromatic rings. The van der Waals surface area contributed by atoms with Crippen LogP contribution in [0.15, 0.2) is 54.7 Å². The molecule has 4 heterocycles. The van der Waals surface area contributed by atoms with Crippen LogP contribution in [0.2, 0.25) is 5.02 Å². The number of rotatable bonds is 9. The van der Waals surface area contributed by atoms with Crippen molar-refractivity contribution in [3.63, 3.8) is 0 Å². The van der Waals surface area contributed by atoms with Gasteiger partial charge < -0.3 is 19.6 Å². The highest BCUT2D eigenvalue weighted by molar-refractivity contribution is 6.30. The lowest BCUT2D eigenvalue weighted by molar-refractivity contribution is 0.0217. The van der Waals surface area contributed by atoms with Gasteiger partial charge in [0.2, 0.25) is 5.95 Å². The van der Waals surface area contributed by atoms with Crippen LogP contribution >= 0.6 is 11.6 Å². The smallest absolute Gasteiger partial charge is 0.407 e. The minimum atomic E-state index is -0.794. The van der Waals surface area contributed by atoms with Gasteiger partial charge in [-0.15, -0.1) is 0 Å². The Morgan fingerprint density at radius 3 is 2.49 bits per heavy atom. The molecule has 2 aromatic carbocycles. The summed E-state index contributed by atoms with van der Waals surface area (Å²) in [5.41, 5.74) is 3.13. The standard InChI is InChI=1S/C34H40ClN7O3/c1-34(2,27-15-25(18-36)16-28(35)17-27)26-3-5-31(6-4-26)45-23-29-7-9-37-32(38-29)41-13-11-40(12-14-41)30-21-39(22-30)19-24-8-10-42(20-24)33(43)44/h3-7,9,15-17,24,30H,8,10-14,19-23H2,1-2H3,(H,43,44). The summed E-state index contributed by atoms with van der Waals surface area (Å²) < 4.78 is 6.09. The Labute approximate surface area is 269 Å². The molecular weight excluding hydrogens is 590 g/mol. The molecule has 3 saturated heterocycles. The lowest BCUT2D eigenvalue weighted by Crippen LogP contribution is -2.63. The van der Waals surface area contributed by atoms with E-state index in [2.05, 4.69) is 51.7 Å². The van der Waals surface area contributed by atoms with Crippen molar-refractivity contribution in [2.24, 2.45) is 5.92 Å². The van der Waals surface area contributed by atoms with Crippen molar-refractivity contribution >= 4 is 23.6 Å². The quantitative estimate of drug-likeness (QED) is 0.360. The number of aromatic nitrogens is 2. The Kier molecular flexibility index (Phi) is 9.13. The largest absolute Gasteiger partial charge is 0.487 e. The van der Waals surface area contributed by atoms with E-state index in [1.165, 1.54) is 0 Å². The molecule has 1 atom stereocenters. The van der Waals surface area contributed by atoms with Crippen LogP contribution < -0.4 is 9.64 Å². The number of carboxylic acid groups (broad SMARTS) is 1. The summed E-state index contributed by atoms with van der Waals surface area (Å²) in [7, 11) is 0. The summed E-state index contributed by atoms with van der Waals surface area (Å²) in [5, 5.41) is 19.1. The number of benzene rings is 2. The number of carbonyl (C=O) groups is 1. The van der Waals surface area contributed by atoms with Crippen molar-refractivity contribution in [3.8, 4) is 11.8 Å². The molecule has 1 aromatic heterocycles. The number of hydrogen-bond acceptors (Lipinski definition) is 8. The fourth-order valence-electron chi connectivity index (χ4n) is 6.65. The van der Waals surface area contributed by atoms with Crippen molar-refractivity contribution in [2.75, 3.05) is 63.8 Å². The lowest BCUT2D eigenvalue weighted by atomic mass is 9.78. The average Bonchev–Trinajstić information content (AvgIpc) is 3.51. The third kappa shape index (κ3) is 7.17. The van der Waals surface area contributed by atoms with Gasteiger partial charge in [0, 0.05) is 81.6 Å². The molecule has 1 N–H and O–H groups in total. The molecule has 0 bridgehead atoms. The Bertz CT molecular complexity index is 1550. The maximum absolute atomic E-state index is 11.2. The molecule has 0 saturated carbocycles. The van der Waals surface area contributed by atoms with Gasteiger partial charge in [0.15, 0.2) is 0 Å². The van der Waals surface area contributed by atoms with Crippen LogP contribution in [0.1, 0.15) is 42.7 Å². The number of amides is 1. The molecule has 236 valence electrons. The molecule has 1 unspecified atom stereocenters. The number of piperazine rings is 1. The Balaban J connectivity index is 0.966. The normalized spacial score (nSPS) is 19.7. The van der Waals surface area contributed by atoms with E-state index < -0.39 is 6.09 Å². The minimum Gasteiger partial charge on any atom is -0.487 e. The summed E-state index contributed by atoms with van der Waals surface area (Å²) >= 11 is 6.27. The number of anilines is 1. The summed E-state index contributed by atoms with van der Waals surface area (Å²) in [5.74, 6) is 1.96. The number of ether oxygens (including phenoxy) is 1.